The number of carbonyl (C=O) groups excluding carboxylic acids is 1. The minimum absolute atomic E-state index is 0.00645. The highest BCUT2D eigenvalue weighted by molar-refractivity contribution is 5.98. The standard InChI is InChI=1S/C20H21NO4/c1-11-12(2)19(24)13(3)20-18(11)21-15-8-7-14(10-17(15)25-20)16(23)6-4-5-9-22/h7-8,10,22H,4-6,9H2,1-3H3. The number of fused-ring (bicyclic) bond motifs is 2. The van der Waals surface area contributed by atoms with Crippen molar-refractivity contribution in [3.05, 3.63) is 50.7 Å². The van der Waals surface area contributed by atoms with Gasteiger partial charge in [0.2, 0.25) is 0 Å². The quantitative estimate of drug-likeness (QED) is 0.437. The molecule has 0 radical (unpaired) electrons. The molecule has 1 aromatic rings. The zero-order valence-corrected chi connectivity index (χ0v) is 14.7. The summed E-state index contributed by atoms with van der Waals surface area (Å²) in [6, 6.07) is 5.20. The van der Waals surface area contributed by atoms with E-state index in [9.17, 15) is 9.59 Å². The van der Waals surface area contributed by atoms with E-state index < -0.39 is 0 Å². The average Bonchev–Trinajstić information content (AvgIpc) is 2.63. The van der Waals surface area contributed by atoms with E-state index in [1.54, 1.807) is 32.0 Å². The van der Waals surface area contributed by atoms with Crippen LogP contribution in [0.15, 0.2) is 27.4 Å². The molecule has 5 nitrogen and oxygen atoms in total. The Balaban J connectivity index is 2.12. The Bertz CT molecular complexity index is 987. The summed E-state index contributed by atoms with van der Waals surface area (Å²) in [6.45, 7) is 5.49. The maximum absolute atomic E-state index is 12.3. The number of benzene rings is 2. The molecule has 1 heterocycles. The summed E-state index contributed by atoms with van der Waals surface area (Å²) in [5.41, 5.74) is 4.39. The first-order valence-electron chi connectivity index (χ1n) is 8.42. The lowest BCUT2D eigenvalue weighted by atomic mass is 9.99. The largest absolute Gasteiger partial charge is 0.452 e. The third kappa shape index (κ3) is 3.07. The number of hydrogen-bond acceptors (Lipinski definition) is 5. The van der Waals surface area contributed by atoms with Gasteiger partial charge in [0.25, 0.3) is 0 Å². The predicted octanol–water partition coefficient (Wildman–Crippen LogP) is 3.56. The third-order valence-corrected chi connectivity index (χ3v) is 4.69. The maximum Gasteiger partial charge on any atom is 0.188 e. The highest BCUT2D eigenvalue weighted by Gasteiger charge is 2.20. The lowest BCUT2D eigenvalue weighted by Gasteiger charge is -2.13. The van der Waals surface area contributed by atoms with Gasteiger partial charge < -0.3 is 9.52 Å². The number of nitrogens with zero attached hydrogens (tertiary/aromatic N) is 1. The molecule has 0 spiro atoms. The van der Waals surface area contributed by atoms with Gasteiger partial charge in [0.05, 0.1) is 0 Å². The first kappa shape index (κ1) is 17.3. The van der Waals surface area contributed by atoms with Crippen LogP contribution in [-0.4, -0.2) is 22.5 Å². The van der Waals surface area contributed by atoms with E-state index in [1.165, 1.54) is 0 Å². The lowest BCUT2D eigenvalue weighted by molar-refractivity contribution is 0.0977. The number of hydrogen-bond donors (Lipinski definition) is 1. The summed E-state index contributed by atoms with van der Waals surface area (Å²) in [5.74, 6) is 0.484. The van der Waals surface area contributed by atoms with Crippen molar-refractivity contribution in [3.63, 3.8) is 0 Å². The fraction of sp³-hybridized carbons (Fsp3) is 0.350. The SMILES string of the molecule is Cc1c2nc3ccc(C(=O)CCCCO)cc3oc-2c(C)c(=O)c1C. The van der Waals surface area contributed by atoms with Crippen LogP contribution in [0.5, 0.6) is 0 Å². The van der Waals surface area contributed by atoms with Gasteiger partial charge in [-0.3, -0.25) is 9.59 Å². The van der Waals surface area contributed by atoms with Gasteiger partial charge in [-0.25, -0.2) is 4.98 Å². The van der Waals surface area contributed by atoms with Gasteiger partial charge in [-0.1, -0.05) is 0 Å². The normalized spacial score (nSPS) is 11.4. The van der Waals surface area contributed by atoms with Crippen molar-refractivity contribution < 1.29 is 14.3 Å². The lowest BCUT2D eigenvalue weighted by Crippen LogP contribution is -2.14. The van der Waals surface area contributed by atoms with Crippen molar-refractivity contribution in [3.8, 4) is 11.5 Å². The Morgan fingerprint density at radius 2 is 1.88 bits per heavy atom. The predicted molar refractivity (Wildman–Crippen MR) is 96.4 cm³/mol. The number of ketones is 1. The Hall–Kier alpha value is -2.53. The molecule has 0 aromatic heterocycles. The molecular formula is C20H21NO4. The van der Waals surface area contributed by atoms with Crippen molar-refractivity contribution >= 4 is 16.9 Å². The summed E-state index contributed by atoms with van der Waals surface area (Å²) in [7, 11) is 0. The fourth-order valence-corrected chi connectivity index (χ4v) is 2.97. The summed E-state index contributed by atoms with van der Waals surface area (Å²) in [5, 5.41) is 8.82. The fourth-order valence-electron chi connectivity index (χ4n) is 2.97. The maximum atomic E-state index is 12.3. The van der Waals surface area contributed by atoms with Crippen molar-refractivity contribution in [2.45, 2.75) is 40.0 Å². The molecule has 1 aliphatic carbocycles. The van der Waals surface area contributed by atoms with Crippen molar-refractivity contribution in [1.82, 2.24) is 4.98 Å². The van der Waals surface area contributed by atoms with E-state index in [-0.39, 0.29) is 17.8 Å². The molecule has 0 amide bonds. The van der Waals surface area contributed by atoms with Gasteiger partial charge >= 0.3 is 0 Å². The van der Waals surface area contributed by atoms with Crippen LogP contribution in [0.1, 0.15) is 46.3 Å². The molecule has 5 heteroatoms. The molecule has 0 atom stereocenters. The second-order valence-corrected chi connectivity index (χ2v) is 6.38. The molecule has 3 rings (SSSR count). The smallest absolute Gasteiger partial charge is 0.188 e. The second-order valence-electron chi connectivity index (χ2n) is 6.38. The minimum atomic E-state index is -0.0360. The van der Waals surface area contributed by atoms with E-state index in [2.05, 4.69) is 4.98 Å². The first-order valence-corrected chi connectivity index (χ1v) is 8.42. The Labute approximate surface area is 145 Å². The van der Waals surface area contributed by atoms with Crippen LogP contribution in [0.4, 0.5) is 0 Å². The van der Waals surface area contributed by atoms with Gasteiger partial charge in [-0.15, -0.1) is 0 Å². The number of rotatable bonds is 5. The van der Waals surface area contributed by atoms with Crippen LogP contribution in [0.3, 0.4) is 0 Å². The molecule has 1 N–H and O–H groups in total. The Morgan fingerprint density at radius 3 is 2.60 bits per heavy atom. The van der Waals surface area contributed by atoms with Gasteiger partial charge in [0.1, 0.15) is 11.2 Å². The highest BCUT2D eigenvalue weighted by Crippen LogP contribution is 2.30. The molecule has 0 unspecified atom stereocenters. The van der Waals surface area contributed by atoms with Crippen molar-refractivity contribution in [2.24, 2.45) is 0 Å². The molecule has 25 heavy (non-hydrogen) atoms. The van der Waals surface area contributed by atoms with Crippen molar-refractivity contribution in [1.29, 1.82) is 0 Å². The summed E-state index contributed by atoms with van der Waals surface area (Å²) >= 11 is 0. The monoisotopic (exact) mass is 339 g/mol. The van der Waals surface area contributed by atoms with Gasteiger partial charge in [-0.2, -0.15) is 0 Å². The van der Waals surface area contributed by atoms with Crippen molar-refractivity contribution in [2.75, 3.05) is 6.61 Å². The molecule has 0 fully saturated rings. The summed E-state index contributed by atoms with van der Waals surface area (Å²) in [4.78, 5) is 29.2. The number of aliphatic hydroxyl groups excluding tert-OH is 1. The van der Waals surface area contributed by atoms with Crippen LogP contribution < -0.4 is 5.43 Å². The second kappa shape index (κ2) is 6.76. The zero-order chi connectivity index (χ0) is 18.1. The van der Waals surface area contributed by atoms with E-state index in [0.717, 1.165) is 5.56 Å². The van der Waals surface area contributed by atoms with Gasteiger partial charge in [-0.05, 0) is 57.4 Å². The molecule has 130 valence electrons. The van der Waals surface area contributed by atoms with E-state index >= 15 is 0 Å². The summed E-state index contributed by atoms with van der Waals surface area (Å²) in [6.07, 6.45) is 1.65. The van der Waals surface area contributed by atoms with E-state index in [1.807, 2.05) is 6.92 Å². The first-order chi connectivity index (χ1) is 11.9. The zero-order valence-electron chi connectivity index (χ0n) is 14.7. The topological polar surface area (TPSA) is 80.4 Å². The van der Waals surface area contributed by atoms with Crippen LogP contribution in [0, 0.1) is 20.8 Å². The number of aliphatic hydroxyl groups is 1. The van der Waals surface area contributed by atoms with Crippen LogP contribution in [0.2, 0.25) is 0 Å². The highest BCUT2D eigenvalue weighted by atomic mass is 16.3. The minimum Gasteiger partial charge on any atom is -0.452 e. The van der Waals surface area contributed by atoms with Crippen LogP contribution in [0.25, 0.3) is 22.6 Å². The molecular weight excluding hydrogens is 318 g/mol. The molecule has 0 saturated carbocycles. The van der Waals surface area contributed by atoms with Crippen LogP contribution in [-0.2, 0) is 0 Å². The summed E-state index contributed by atoms with van der Waals surface area (Å²) < 4.78 is 5.96. The van der Waals surface area contributed by atoms with E-state index in [0.29, 0.717) is 58.5 Å². The third-order valence-electron chi connectivity index (χ3n) is 4.69. The Morgan fingerprint density at radius 1 is 1.12 bits per heavy atom. The number of carbonyl (C=O) groups is 1. The molecule has 0 bridgehead atoms. The number of unbranched alkanes of at least 4 members (excludes halogenated alkanes) is 1. The number of aromatic nitrogens is 1. The molecule has 1 aliphatic heterocycles. The average molecular weight is 339 g/mol. The van der Waals surface area contributed by atoms with Gasteiger partial charge in [0, 0.05) is 29.7 Å². The molecule has 2 aliphatic rings. The van der Waals surface area contributed by atoms with Crippen LogP contribution >= 0.6 is 0 Å². The molecule has 0 saturated heterocycles. The molecule has 1 aromatic carbocycles. The van der Waals surface area contributed by atoms with E-state index in [4.69, 9.17) is 9.52 Å². The van der Waals surface area contributed by atoms with Gasteiger partial charge in [0.15, 0.2) is 22.6 Å². The Kier molecular flexibility index (Phi) is 4.68. The number of Topliss-reactive ketones (excluding diaryl/α,β-unsaturated/α-hetero) is 1.